The molecular formula is C17H26N2O2. The maximum Gasteiger partial charge on any atom is 0.315 e. The van der Waals surface area contributed by atoms with Crippen molar-refractivity contribution in [3.8, 4) is 0 Å². The third-order valence-corrected chi connectivity index (χ3v) is 4.04. The molecule has 0 heterocycles. The van der Waals surface area contributed by atoms with E-state index in [0.717, 1.165) is 12.8 Å². The first kappa shape index (κ1) is 15.8. The fourth-order valence-electron chi connectivity index (χ4n) is 2.51. The third-order valence-electron chi connectivity index (χ3n) is 4.04. The van der Waals surface area contributed by atoms with Gasteiger partial charge in [0.25, 0.3) is 0 Å². The highest BCUT2D eigenvalue weighted by Gasteiger charge is 2.32. The molecule has 4 nitrogen and oxygen atoms in total. The van der Waals surface area contributed by atoms with E-state index in [1.807, 2.05) is 25.1 Å². The lowest BCUT2D eigenvalue weighted by Crippen LogP contribution is -2.45. The van der Waals surface area contributed by atoms with Crippen molar-refractivity contribution in [3.05, 3.63) is 35.9 Å². The molecule has 2 rings (SSSR count). The first-order valence-electron chi connectivity index (χ1n) is 7.88. The van der Waals surface area contributed by atoms with Crippen molar-refractivity contribution < 1.29 is 9.90 Å². The molecule has 2 unspecified atom stereocenters. The highest BCUT2D eigenvalue weighted by Crippen LogP contribution is 2.34. The fraction of sp³-hybridized carbons (Fsp3) is 0.588. The van der Waals surface area contributed by atoms with Gasteiger partial charge in [0, 0.05) is 19.2 Å². The highest BCUT2D eigenvalue weighted by atomic mass is 16.3. The number of hydrogen-bond acceptors (Lipinski definition) is 2. The topological polar surface area (TPSA) is 61.4 Å². The molecule has 0 bridgehead atoms. The van der Waals surface area contributed by atoms with Gasteiger partial charge in [0.15, 0.2) is 0 Å². The number of aliphatic hydroxyl groups is 1. The summed E-state index contributed by atoms with van der Waals surface area (Å²) in [5.74, 6) is 0.917. The van der Waals surface area contributed by atoms with E-state index in [1.165, 1.54) is 18.4 Å². The van der Waals surface area contributed by atoms with E-state index in [9.17, 15) is 4.79 Å². The summed E-state index contributed by atoms with van der Waals surface area (Å²) in [6, 6.07) is 10.4. The van der Waals surface area contributed by atoms with Gasteiger partial charge in [-0.25, -0.2) is 4.79 Å². The van der Waals surface area contributed by atoms with Gasteiger partial charge in [-0.15, -0.1) is 0 Å². The van der Waals surface area contributed by atoms with Gasteiger partial charge in [-0.2, -0.15) is 0 Å². The second-order valence-electron chi connectivity index (χ2n) is 6.11. The van der Waals surface area contributed by atoms with E-state index in [2.05, 4.69) is 22.8 Å². The quantitative estimate of drug-likeness (QED) is 0.688. The fourth-order valence-corrected chi connectivity index (χ4v) is 2.51. The van der Waals surface area contributed by atoms with Crippen molar-refractivity contribution in [2.45, 2.75) is 38.6 Å². The van der Waals surface area contributed by atoms with E-state index in [4.69, 9.17) is 5.11 Å². The van der Waals surface area contributed by atoms with Gasteiger partial charge in [0.2, 0.25) is 0 Å². The monoisotopic (exact) mass is 290 g/mol. The number of carbonyl (C=O) groups is 1. The summed E-state index contributed by atoms with van der Waals surface area (Å²) in [6.07, 6.45) is 4.03. The molecule has 1 aliphatic carbocycles. The number of carbonyl (C=O) groups excluding carboxylic acids is 1. The van der Waals surface area contributed by atoms with Crippen molar-refractivity contribution in [2.24, 2.45) is 11.8 Å². The molecule has 2 atom stereocenters. The maximum atomic E-state index is 12.0. The number of hydrogen-bond donors (Lipinski definition) is 3. The van der Waals surface area contributed by atoms with Crippen LogP contribution >= 0.6 is 0 Å². The minimum absolute atomic E-state index is 0.0902. The van der Waals surface area contributed by atoms with Crippen LogP contribution in [0.25, 0.3) is 0 Å². The van der Waals surface area contributed by atoms with Gasteiger partial charge in [-0.1, -0.05) is 37.3 Å². The molecule has 1 aliphatic rings. The molecule has 0 radical (unpaired) electrons. The van der Waals surface area contributed by atoms with Crippen LogP contribution < -0.4 is 10.6 Å². The van der Waals surface area contributed by atoms with Crippen LogP contribution in [0.1, 0.15) is 31.7 Å². The first-order valence-corrected chi connectivity index (χ1v) is 7.88. The smallest absolute Gasteiger partial charge is 0.315 e. The molecule has 21 heavy (non-hydrogen) atoms. The Balaban J connectivity index is 1.78. The average molecular weight is 290 g/mol. The molecule has 1 saturated carbocycles. The summed E-state index contributed by atoms with van der Waals surface area (Å²) in [7, 11) is 0. The van der Waals surface area contributed by atoms with Crippen LogP contribution in [0.15, 0.2) is 30.3 Å². The zero-order chi connectivity index (χ0) is 15.1. The molecule has 4 heteroatoms. The van der Waals surface area contributed by atoms with E-state index in [-0.39, 0.29) is 18.7 Å². The van der Waals surface area contributed by atoms with Crippen LogP contribution in [-0.4, -0.2) is 30.3 Å². The molecule has 2 amide bonds. The van der Waals surface area contributed by atoms with Crippen molar-refractivity contribution >= 4 is 6.03 Å². The highest BCUT2D eigenvalue weighted by molar-refractivity contribution is 5.74. The molecule has 1 aromatic rings. The Kier molecular flexibility index (Phi) is 6.05. The zero-order valence-corrected chi connectivity index (χ0v) is 12.7. The van der Waals surface area contributed by atoms with Crippen LogP contribution in [0.2, 0.25) is 0 Å². The number of rotatable bonds is 8. The normalized spacial score (nSPS) is 17.0. The minimum atomic E-state index is -0.0902. The van der Waals surface area contributed by atoms with E-state index in [0.29, 0.717) is 18.4 Å². The molecule has 0 spiro atoms. The van der Waals surface area contributed by atoms with Gasteiger partial charge in [0.1, 0.15) is 0 Å². The number of urea groups is 1. The van der Waals surface area contributed by atoms with E-state index in [1.54, 1.807) is 0 Å². The van der Waals surface area contributed by atoms with Gasteiger partial charge in [-0.3, -0.25) is 0 Å². The Morgan fingerprint density at radius 3 is 2.67 bits per heavy atom. The number of benzene rings is 1. The van der Waals surface area contributed by atoms with Gasteiger partial charge < -0.3 is 15.7 Å². The second-order valence-corrected chi connectivity index (χ2v) is 6.11. The summed E-state index contributed by atoms with van der Waals surface area (Å²) in [5, 5.41) is 14.9. The van der Waals surface area contributed by atoms with Crippen molar-refractivity contribution in [1.82, 2.24) is 10.6 Å². The van der Waals surface area contributed by atoms with Crippen LogP contribution in [0.5, 0.6) is 0 Å². The predicted octanol–water partition coefficient (Wildman–Crippen LogP) is 2.33. The lowest BCUT2D eigenvalue weighted by Gasteiger charge is -2.20. The van der Waals surface area contributed by atoms with Crippen molar-refractivity contribution in [2.75, 3.05) is 13.2 Å². The molecule has 1 fully saturated rings. The largest absolute Gasteiger partial charge is 0.396 e. The van der Waals surface area contributed by atoms with Crippen molar-refractivity contribution in [3.63, 3.8) is 0 Å². The predicted molar refractivity (Wildman–Crippen MR) is 84.1 cm³/mol. The standard InChI is InChI=1S/C17H26N2O2/c1-13(9-10-20)12-18-17(21)19-16(15-7-8-15)11-14-5-3-2-4-6-14/h2-6,13,15-16,20H,7-12H2,1H3,(H2,18,19,21). The Bertz CT molecular complexity index is 432. The molecular weight excluding hydrogens is 264 g/mol. The van der Waals surface area contributed by atoms with Crippen LogP contribution in [0.3, 0.4) is 0 Å². The SMILES string of the molecule is CC(CCO)CNC(=O)NC(Cc1ccccc1)C1CC1. The third kappa shape index (κ3) is 5.76. The Labute approximate surface area is 126 Å². The summed E-state index contributed by atoms with van der Waals surface area (Å²) >= 11 is 0. The number of aliphatic hydroxyl groups excluding tert-OH is 1. The van der Waals surface area contributed by atoms with Gasteiger partial charge in [0.05, 0.1) is 0 Å². The maximum absolute atomic E-state index is 12.0. The molecule has 0 aliphatic heterocycles. The summed E-state index contributed by atoms with van der Waals surface area (Å²) in [5.41, 5.74) is 1.27. The Morgan fingerprint density at radius 1 is 1.33 bits per heavy atom. The number of nitrogens with one attached hydrogen (secondary N) is 2. The molecule has 0 saturated heterocycles. The van der Waals surface area contributed by atoms with E-state index < -0.39 is 0 Å². The van der Waals surface area contributed by atoms with Gasteiger partial charge in [-0.05, 0) is 43.1 Å². The van der Waals surface area contributed by atoms with Gasteiger partial charge >= 0.3 is 6.03 Å². The lowest BCUT2D eigenvalue weighted by atomic mass is 10.0. The summed E-state index contributed by atoms with van der Waals surface area (Å²) < 4.78 is 0. The summed E-state index contributed by atoms with van der Waals surface area (Å²) in [6.45, 7) is 2.80. The van der Waals surface area contributed by atoms with Crippen LogP contribution in [0.4, 0.5) is 4.79 Å². The Morgan fingerprint density at radius 2 is 2.05 bits per heavy atom. The molecule has 0 aromatic heterocycles. The summed E-state index contributed by atoms with van der Waals surface area (Å²) in [4.78, 5) is 12.0. The second kappa shape index (κ2) is 8.03. The number of amides is 2. The zero-order valence-electron chi connectivity index (χ0n) is 12.7. The minimum Gasteiger partial charge on any atom is -0.396 e. The molecule has 1 aromatic carbocycles. The Hall–Kier alpha value is -1.55. The average Bonchev–Trinajstić information content (AvgIpc) is 3.30. The van der Waals surface area contributed by atoms with Crippen LogP contribution in [-0.2, 0) is 6.42 Å². The lowest BCUT2D eigenvalue weighted by molar-refractivity contribution is 0.229. The molecule has 116 valence electrons. The van der Waals surface area contributed by atoms with Crippen LogP contribution in [0, 0.1) is 11.8 Å². The molecule has 3 N–H and O–H groups in total. The first-order chi connectivity index (χ1) is 10.2. The van der Waals surface area contributed by atoms with Crippen molar-refractivity contribution in [1.29, 1.82) is 0 Å². The van der Waals surface area contributed by atoms with E-state index >= 15 is 0 Å².